The number of nitrogens with zero attached hydrogens (tertiary/aromatic N) is 3. The largest absolute Gasteiger partial charge is 0.384 e. The van der Waals surface area contributed by atoms with E-state index in [0.717, 1.165) is 68.4 Å². The summed E-state index contributed by atoms with van der Waals surface area (Å²) < 4.78 is 21.2. The average molecular weight is 394 g/mol. The molecule has 4 aromatic rings. The van der Waals surface area contributed by atoms with E-state index in [1.807, 2.05) is 23.5 Å². The predicted molar refractivity (Wildman–Crippen MR) is 113 cm³/mol. The van der Waals surface area contributed by atoms with Crippen molar-refractivity contribution in [1.29, 1.82) is 0 Å². The molecular weight excluding hydrogens is 371 g/mol. The van der Waals surface area contributed by atoms with Gasteiger partial charge in [-0.1, -0.05) is 0 Å². The maximum atomic E-state index is 13.9. The standard InChI is InChI=1S/C22H23FN4O2/c1-14-25-18-5-4-17(24-7-2-8-26-9-11-29-12-10-26)20-21(18)27(14)19-6-3-15(23)13-16(19)22(20)28/h3-6,13,24H,2,7-12H2,1H3. The molecule has 0 unspecified atom stereocenters. The van der Waals surface area contributed by atoms with E-state index in [2.05, 4.69) is 15.2 Å². The van der Waals surface area contributed by atoms with Gasteiger partial charge in [-0.05, 0) is 50.2 Å². The van der Waals surface area contributed by atoms with E-state index >= 15 is 0 Å². The Balaban J connectivity index is 1.53. The van der Waals surface area contributed by atoms with Crippen molar-refractivity contribution in [3.8, 4) is 0 Å². The highest BCUT2D eigenvalue weighted by atomic mass is 19.1. The molecule has 0 bridgehead atoms. The van der Waals surface area contributed by atoms with Gasteiger partial charge >= 0.3 is 0 Å². The molecule has 0 spiro atoms. The van der Waals surface area contributed by atoms with Crippen LogP contribution in [0.1, 0.15) is 12.2 Å². The third-order valence-electron chi connectivity index (χ3n) is 5.73. The number of aryl methyl sites for hydroxylation is 1. The van der Waals surface area contributed by atoms with Crippen LogP contribution in [0.2, 0.25) is 0 Å². The van der Waals surface area contributed by atoms with Crippen LogP contribution < -0.4 is 10.7 Å². The maximum Gasteiger partial charge on any atom is 0.199 e. The third-order valence-corrected chi connectivity index (χ3v) is 5.73. The maximum absolute atomic E-state index is 13.9. The Hall–Kier alpha value is -2.77. The van der Waals surface area contributed by atoms with E-state index < -0.39 is 5.82 Å². The quantitative estimate of drug-likeness (QED) is 0.417. The van der Waals surface area contributed by atoms with Gasteiger partial charge in [-0.15, -0.1) is 0 Å². The molecule has 0 aliphatic carbocycles. The summed E-state index contributed by atoms with van der Waals surface area (Å²) in [6.07, 6.45) is 0.967. The SMILES string of the molecule is Cc1nc2ccc(NCCCN3CCOCC3)c3c(=O)c4cc(F)ccc4n1c23. The number of nitrogens with one attached hydrogen (secondary N) is 1. The fraction of sp³-hybridized carbons (Fsp3) is 0.364. The molecule has 29 heavy (non-hydrogen) atoms. The summed E-state index contributed by atoms with van der Waals surface area (Å²) in [6.45, 7) is 7.18. The Labute approximate surface area is 167 Å². The Kier molecular flexibility index (Phi) is 4.56. The van der Waals surface area contributed by atoms with Gasteiger partial charge in [0.25, 0.3) is 0 Å². The van der Waals surface area contributed by atoms with Gasteiger partial charge in [0, 0.05) is 30.7 Å². The second kappa shape index (κ2) is 7.24. The van der Waals surface area contributed by atoms with Crippen molar-refractivity contribution in [2.75, 3.05) is 44.7 Å². The van der Waals surface area contributed by atoms with Crippen LogP contribution in [0.4, 0.5) is 10.1 Å². The van der Waals surface area contributed by atoms with Gasteiger partial charge in [0.2, 0.25) is 0 Å². The van der Waals surface area contributed by atoms with E-state index in [-0.39, 0.29) is 5.43 Å². The average Bonchev–Trinajstić information content (AvgIpc) is 3.07. The lowest BCUT2D eigenvalue weighted by Crippen LogP contribution is -2.37. The fourth-order valence-electron chi connectivity index (χ4n) is 4.33. The molecule has 0 radical (unpaired) electrons. The van der Waals surface area contributed by atoms with Crippen molar-refractivity contribution in [3.05, 3.63) is 52.2 Å². The van der Waals surface area contributed by atoms with E-state index in [0.29, 0.717) is 16.3 Å². The Morgan fingerprint density at radius 2 is 2.03 bits per heavy atom. The van der Waals surface area contributed by atoms with Crippen LogP contribution in [-0.4, -0.2) is 53.7 Å². The number of ether oxygens (including phenoxy) is 1. The van der Waals surface area contributed by atoms with Crippen LogP contribution in [0.3, 0.4) is 0 Å². The van der Waals surface area contributed by atoms with Crippen molar-refractivity contribution in [1.82, 2.24) is 14.3 Å². The molecular formula is C22H23FN4O2. The molecule has 1 aliphatic heterocycles. The monoisotopic (exact) mass is 394 g/mol. The molecule has 2 aromatic carbocycles. The smallest absolute Gasteiger partial charge is 0.199 e. The van der Waals surface area contributed by atoms with Crippen LogP contribution in [0.15, 0.2) is 35.1 Å². The van der Waals surface area contributed by atoms with Gasteiger partial charge < -0.3 is 10.1 Å². The van der Waals surface area contributed by atoms with Gasteiger partial charge in [-0.3, -0.25) is 14.1 Å². The lowest BCUT2D eigenvalue weighted by atomic mass is 10.1. The zero-order chi connectivity index (χ0) is 20.0. The van der Waals surface area contributed by atoms with Gasteiger partial charge in [0.15, 0.2) is 5.43 Å². The first-order chi connectivity index (χ1) is 14.1. The van der Waals surface area contributed by atoms with Gasteiger partial charge in [-0.25, -0.2) is 9.37 Å². The first-order valence-corrected chi connectivity index (χ1v) is 10.0. The van der Waals surface area contributed by atoms with E-state index in [4.69, 9.17) is 4.74 Å². The third kappa shape index (κ3) is 3.10. The number of benzene rings is 2. The van der Waals surface area contributed by atoms with E-state index in [9.17, 15) is 9.18 Å². The predicted octanol–water partition coefficient (Wildman–Crippen LogP) is 3.02. The highest BCUT2D eigenvalue weighted by Crippen LogP contribution is 2.30. The summed E-state index contributed by atoms with van der Waals surface area (Å²) >= 11 is 0. The number of halogens is 1. The van der Waals surface area contributed by atoms with Crippen LogP contribution in [0, 0.1) is 12.7 Å². The van der Waals surface area contributed by atoms with Gasteiger partial charge in [0.05, 0.1) is 35.2 Å². The topological polar surface area (TPSA) is 58.9 Å². The number of hydrogen-bond donors (Lipinski definition) is 1. The van der Waals surface area contributed by atoms with Crippen LogP contribution >= 0.6 is 0 Å². The minimum absolute atomic E-state index is 0.159. The van der Waals surface area contributed by atoms with Crippen molar-refractivity contribution in [3.63, 3.8) is 0 Å². The fourth-order valence-corrected chi connectivity index (χ4v) is 4.33. The molecule has 2 aromatic heterocycles. The summed E-state index contributed by atoms with van der Waals surface area (Å²) in [4.78, 5) is 20.3. The van der Waals surface area contributed by atoms with E-state index in [1.165, 1.54) is 12.1 Å². The number of aromatic nitrogens is 2. The number of anilines is 1. The van der Waals surface area contributed by atoms with Crippen molar-refractivity contribution in [2.24, 2.45) is 0 Å². The second-order valence-electron chi connectivity index (χ2n) is 7.58. The molecule has 0 amide bonds. The van der Waals surface area contributed by atoms with Crippen LogP contribution in [0.25, 0.3) is 27.3 Å². The zero-order valence-electron chi connectivity index (χ0n) is 16.4. The second-order valence-corrected chi connectivity index (χ2v) is 7.58. The number of rotatable bonds is 5. The normalized spacial score (nSPS) is 15.7. The Bertz CT molecular complexity index is 1250. The first-order valence-electron chi connectivity index (χ1n) is 10.0. The zero-order valence-corrected chi connectivity index (χ0v) is 16.4. The lowest BCUT2D eigenvalue weighted by Gasteiger charge is -2.26. The molecule has 1 aliphatic rings. The highest BCUT2D eigenvalue weighted by Gasteiger charge is 2.19. The molecule has 0 saturated carbocycles. The summed E-state index contributed by atoms with van der Waals surface area (Å²) in [6, 6.07) is 8.21. The molecule has 150 valence electrons. The van der Waals surface area contributed by atoms with E-state index in [1.54, 1.807) is 6.07 Å². The van der Waals surface area contributed by atoms with Crippen molar-refractivity contribution < 1.29 is 9.13 Å². The summed E-state index contributed by atoms with van der Waals surface area (Å²) in [5.74, 6) is 0.372. The van der Waals surface area contributed by atoms with Crippen molar-refractivity contribution >= 4 is 33.0 Å². The van der Waals surface area contributed by atoms with Crippen molar-refractivity contribution in [2.45, 2.75) is 13.3 Å². The molecule has 6 nitrogen and oxygen atoms in total. The minimum Gasteiger partial charge on any atom is -0.384 e. The molecule has 0 atom stereocenters. The van der Waals surface area contributed by atoms with Crippen LogP contribution in [0.5, 0.6) is 0 Å². The van der Waals surface area contributed by atoms with Crippen LogP contribution in [-0.2, 0) is 4.74 Å². The Morgan fingerprint density at radius 1 is 1.21 bits per heavy atom. The molecule has 3 heterocycles. The number of imidazole rings is 1. The summed E-state index contributed by atoms with van der Waals surface area (Å²) in [7, 11) is 0. The molecule has 7 heteroatoms. The lowest BCUT2D eigenvalue weighted by molar-refractivity contribution is 0.0378. The molecule has 1 N–H and O–H groups in total. The number of hydrogen-bond acceptors (Lipinski definition) is 5. The first kappa shape index (κ1) is 18.3. The molecule has 1 saturated heterocycles. The molecule has 1 fully saturated rings. The summed E-state index contributed by atoms with van der Waals surface area (Å²) in [5, 5.41) is 4.38. The molecule has 5 rings (SSSR count). The Morgan fingerprint density at radius 3 is 2.86 bits per heavy atom. The highest BCUT2D eigenvalue weighted by molar-refractivity contribution is 6.07. The minimum atomic E-state index is -0.412. The number of morpholine rings is 1. The van der Waals surface area contributed by atoms with Gasteiger partial charge in [-0.2, -0.15) is 0 Å². The number of fused-ring (bicyclic) bond motifs is 2. The number of pyridine rings is 1. The summed E-state index contributed by atoms with van der Waals surface area (Å²) in [5.41, 5.74) is 2.88. The van der Waals surface area contributed by atoms with Gasteiger partial charge in [0.1, 0.15) is 11.6 Å².